The minimum Gasteiger partial charge on any atom is -0.496 e. The SMILES string of the molecule is COc1ccc(Cl)cc1C1(F)C(=O)N(COC(=O)c2cccc(CN3CCOCC3)c2)c2cc(C(F)(F)F)ccc21. The molecule has 1 fully saturated rings. The number of ether oxygens (including phenoxy) is 3. The van der Waals surface area contributed by atoms with Crippen molar-refractivity contribution in [2.45, 2.75) is 18.4 Å². The lowest BCUT2D eigenvalue weighted by Crippen LogP contribution is -2.40. The zero-order valence-corrected chi connectivity index (χ0v) is 22.6. The molecule has 0 spiro atoms. The molecule has 12 heteroatoms. The first-order chi connectivity index (χ1) is 19.5. The lowest BCUT2D eigenvalue weighted by Gasteiger charge is -2.26. The van der Waals surface area contributed by atoms with Crippen molar-refractivity contribution in [3.63, 3.8) is 0 Å². The predicted octanol–water partition coefficient (Wildman–Crippen LogP) is 5.57. The molecule has 2 heterocycles. The van der Waals surface area contributed by atoms with Gasteiger partial charge in [0.1, 0.15) is 5.75 Å². The Hall–Kier alpha value is -3.67. The second kappa shape index (κ2) is 11.3. The van der Waals surface area contributed by atoms with Crippen LogP contribution in [0, 0.1) is 0 Å². The minimum absolute atomic E-state index is 0.0352. The van der Waals surface area contributed by atoms with Crippen LogP contribution in [0.3, 0.4) is 0 Å². The maximum Gasteiger partial charge on any atom is 0.416 e. The zero-order chi connectivity index (χ0) is 29.4. The Kier molecular flexibility index (Phi) is 7.95. The number of fused-ring (bicyclic) bond motifs is 1. The van der Waals surface area contributed by atoms with Crippen LogP contribution < -0.4 is 9.64 Å². The summed E-state index contributed by atoms with van der Waals surface area (Å²) in [4.78, 5) is 29.4. The van der Waals surface area contributed by atoms with E-state index in [-0.39, 0.29) is 33.1 Å². The third-order valence-corrected chi connectivity index (χ3v) is 7.29. The van der Waals surface area contributed by atoms with Gasteiger partial charge in [0.05, 0.1) is 37.1 Å². The maximum atomic E-state index is 16.9. The van der Waals surface area contributed by atoms with Crippen LogP contribution in [0.5, 0.6) is 5.75 Å². The number of anilines is 1. The summed E-state index contributed by atoms with van der Waals surface area (Å²) in [6.07, 6.45) is -4.77. The summed E-state index contributed by atoms with van der Waals surface area (Å²) in [5.74, 6) is -2.11. The van der Waals surface area contributed by atoms with Crippen LogP contribution in [0.25, 0.3) is 0 Å². The molecule has 1 amide bonds. The van der Waals surface area contributed by atoms with Gasteiger partial charge in [-0.25, -0.2) is 9.18 Å². The summed E-state index contributed by atoms with van der Waals surface area (Å²) in [6, 6.07) is 12.9. The van der Waals surface area contributed by atoms with E-state index in [1.807, 2.05) is 6.07 Å². The summed E-state index contributed by atoms with van der Waals surface area (Å²) in [5.41, 5.74) is -4.08. The first-order valence-corrected chi connectivity index (χ1v) is 13.0. The first kappa shape index (κ1) is 28.8. The quantitative estimate of drug-likeness (QED) is 0.264. The highest BCUT2D eigenvalue weighted by atomic mass is 35.5. The van der Waals surface area contributed by atoms with Crippen molar-refractivity contribution < 1.29 is 41.4 Å². The molecule has 0 bridgehead atoms. The van der Waals surface area contributed by atoms with Gasteiger partial charge in [-0.1, -0.05) is 29.8 Å². The van der Waals surface area contributed by atoms with E-state index in [9.17, 15) is 22.8 Å². The number of methoxy groups -OCH3 is 1. The van der Waals surface area contributed by atoms with Crippen LogP contribution in [-0.2, 0) is 32.7 Å². The van der Waals surface area contributed by atoms with Crippen LogP contribution in [0.4, 0.5) is 23.2 Å². The Bertz CT molecular complexity index is 1480. The number of nitrogens with zero attached hydrogens (tertiary/aromatic N) is 2. The highest BCUT2D eigenvalue weighted by Crippen LogP contribution is 2.51. The third kappa shape index (κ3) is 5.61. The Morgan fingerprint density at radius 3 is 2.51 bits per heavy atom. The van der Waals surface area contributed by atoms with E-state index in [2.05, 4.69) is 4.90 Å². The van der Waals surface area contributed by atoms with Crippen LogP contribution >= 0.6 is 11.6 Å². The number of morpholine rings is 1. The van der Waals surface area contributed by atoms with Crippen LogP contribution in [-0.4, -0.2) is 56.9 Å². The standard InChI is InChI=1S/C29H25ClF4N2O5/c1-39-25-8-6-21(30)15-23(25)28(31)22-7-5-20(29(32,33)34)14-24(22)36(27(28)38)17-41-26(37)19-4-2-3-18(13-19)16-35-9-11-40-12-10-35/h2-8,13-15H,9-12,16-17H2,1H3. The van der Waals surface area contributed by atoms with Gasteiger partial charge in [0.15, 0.2) is 6.73 Å². The monoisotopic (exact) mass is 592 g/mol. The van der Waals surface area contributed by atoms with Gasteiger partial charge < -0.3 is 14.2 Å². The van der Waals surface area contributed by atoms with Gasteiger partial charge in [-0.3, -0.25) is 14.6 Å². The second-order valence-corrected chi connectivity index (χ2v) is 10.1. The van der Waals surface area contributed by atoms with Crippen LogP contribution in [0.1, 0.15) is 32.6 Å². The van der Waals surface area contributed by atoms with Crippen LogP contribution in [0.2, 0.25) is 5.02 Å². The number of esters is 1. The number of carbonyl (C=O) groups is 2. The number of hydrogen-bond donors (Lipinski definition) is 0. The van der Waals surface area contributed by atoms with Gasteiger partial charge in [-0.2, -0.15) is 13.2 Å². The first-order valence-electron chi connectivity index (χ1n) is 12.6. The molecule has 2 aliphatic rings. The molecule has 7 nitrogen and oxygen atoms in total. The summed E-state index contributed by atoms with van der Waals surface area (Å²) in [5, 5.41) is 0.0842. The Labute approximate surface area is 238 Å². The van der Waals surface area contributed by atoms with Crippen molar-refractivity contribution in [3.05, 3.63) is 93.5 Å². The lowest BCUT2D eigenvalue weighted by molar-refractivity contribution is -0.137. The van der Waals surface area contributed by atoms with E-state index in [0.717, 1.165) is 24.7 Å². The molecule has 216 valence electrons. The highest BCUT2D eigenvalue weighted by molar-refractivity contribution is 6.30. The molecule has 0 N–H and O–H groups in total. The molecular weight excluding hydrogens is 568 g/mol. The van der Waals surface area contributed by atoms with E-state index in [0.29, 0.717) is 36.8 Å². The summed E-state index contributed by atoms with van der Waals surface area (Å²) >= 11 is 6.08. The molecular formula is C29H25ClF4N2O5. The normalized spacial score (nSPS) is 19.3. The van der Waals surface area contributed by atoms with Crippen molar-refractivity contribution in [1.82, 2.24) is 4.90 Å². The van der Waals surface area contributed by atoms with E-state index in [1.165, 1.54) is 31.4 Å². The van der Waals surface area contributed by atoms with Gasteiger partial charge in [0.25, 0.3) is 5.91 Å². The molecule has 1 unspecified atom stereocenters. The summed E-state index contributed by atoms with van der Waals surface area (Å²) in [6.45, 7) is 2.46. The highest BCUT2D eigenvalue weighted by Gasteiger charge is 2.55. The van der Waals surface area contributed by atoms with Crippen molar-refractivity contribution in [3.8, 4) is 5.75 Å². The van der Waals surface area contributed by atoms with Crippen molar-refractivity contribution in [2.75, 3.05) is 45.0 Å². The van der Waals surface area contributed by atoms with Gasteiger partial charge in [0, 0.05) is 35.8 Å². The Balaban J connectivity index is 1.44. The summed E-state index contributed by atoms with van der Waals surface area (Å²) in [7, 11) is 1.26. The van der Waals surface area contributed by atoms with Gasteiger partial charge >= 0.3 is 12.1 Å². The molecule has 5 rings (SSSR count). The largest absolute Gasteiger partial charge is 0.496 e. The molecule has 41 heavy (non-hydrogen) atoms. The fraction of sp³-hybridized carbons (Fsp3) is 0.310. The van der Waals surface area contributed by atoms with Crippen LogP contribution in [0.15, 0.2) is 60.7 Å². The lowest BCUT2D eigenvalue weighted by atomic mass is 9.88. The van der Waals surface area contributed by atoms with Gasteiger partial charge in [0.2, 0.25) is 5.67 Å². The molecule has 2 aliphatic heterocycles. The summed E-state index contributed by atoms with van der Waals surface area (Å²) < 4.78 is 73.6. The second-order valence-electron chi connectivity index (χ2n) is 9.62. The number of benzene rings is 3. The van der Waals surface area contributed by atoms with E-state index in [1.54, 1.807) is 12.1 Å². The molecule has 1 atom stereocenters. The zero-order valence-electron chi connectivity index (χ0n) is 21.8. The molecule has 0 aromatic heterocycles. The molecule has 1 saturated heterocycles. The van der Waals surface area contributed by atoms with E-state index >= 15 is 4.39 Å². The maximum absolute atomic E-state index is 16.9. The molecule has 3 aromatic carbocycles. The predicted molar refractivity (Wildman–Crippen MR) is 142 cm³/mol. The van der Waals surface area contributed by atoms with Crippen molar-refractivity contribution in [2.24, 2.45) is 0 Å². The third-order valence-electron chi connectivity index (χ3n) is 7.06. The van der Waals surface area contributed by atoms with E-state index in [4.69, 9.17) is 25.8 Å². The van der Waals surface area contributed by atoms with Gasteiger partial charge in [-0.05, 0) is 48.0 Å². The van der Waals surface area contributed by atoms with Crippen molar-refractivity contribution in [1.29, 1.82) is 0 Å². The number of hydrogen-bond acceptors (Lipinski definition) is 6. The average Bonchev–Trinajstić information content (AvgIpc) is 3.18. The fourth-order valence-corrected chi connectivity index (χ4v) is 5.16. The Morgan fingerprint density at radius 2 is 1.80 bits per heavy atom. The fourth-order valence-electron chi connectivity index (χ4n) is 4.99. The van der Waals surface area contributed by atoms with Gasteiger partial charge in [-0.15, -0.1) is 0 Å². The smallest absolute Gasteiger partial charge is 0.416 e. The number of rotatable bonds is 7. The molecule has 0 saturated carbocycles. The Morgan fingerprint density at radius 1 is 1.05 bits per heavy atom. The average molecular weight is 593 g/mol. The minimum atomic E-state index is -4.77. The number of alkyl halides is 4. The number of halogens is 5. The van der Waals surface area contributed by atoms with Crippen molar-refractivity contribution >= 4 is 29.2 Å². The topological polar surface area (TPSA) is 68.3 Å². The number of amides is 1. The van der Waals surface area contributed by atoms with E-state index < -0.39 is 36.0 Å². The molecule has 0 aliphatic carbocycles. The number of carbonyl (C=O) groups excluding carboxylic acids is 2. The molecule has 3 aromatic rings. The molecule has 0 radical (unpaired) electrons.